The summed E-state index contributed by atoms with van der Waals surface area (Å²) < 4.78 is 98.5. The van der Waals surface area contributed by atoms with Gasteiger partial charge in [0.2, 0.25) is 5.91 Å². The zero-order valence-electron chi connectivity index (χ0n) is 24.2. The molecule has 15 heteroatoms. The van der Waals surface area contributed by atoms with Crippen LogP contribution in [0.2, 0.25) is 0 Å². The summed E-state index contributed by atoms with van der Waals surface area (Å²) in [6.07, 6.45) is -2.96. The van der Waals surface area contributed by atoms with Crippen molar-refractivity contribution in [2.75, 3.05) is 30.8 Å². The minimum atomic E-state index is -5.02. The number of hydrogen-bond acceptors (Lipinski definition) is 7. The van der Waals surface area contributed by atoms with Crippen molar-refractivity contribution < 1.29 is 35.2 Å². The van der Waals surface area contributed by atoms with Crippen molar-refractivity contribution >= 4 is 32.6 Å². The molecule has 0 N–H and O–H groups in total. The van der Waals surface area contributed by atoms with Gasteiger partial charge in [-0.3, -0.25) is 4.79 Å². The molecule has 1 amide bonds. The Morgan fingerprint density at radius 3 is 2.42 bits per heavy atom. The predicted octanol–water partition coefficient (Wildman–Crippen LogP) is 4.68. The lowest BCUT2D eigenvalue weighted by Gasteiger charge is -2.40. The third kappa shape index (κ3) is 5.79. The quantitative estimate of drug-likeness (QED) is 0.229. The zero-order valence-corrected chi connectivity index (χ0v) is 25.0. The summed E-state index contributed by atoms with van der Waals surface area (Å²) >= 11 is 0. The van der Waals surface area contributed by atoms with Gasteiger partial charge in [0.25, 0.3) is 0 Å². The number of para-hydroxylation sites is 1. The van der Waals surface area contributed by atoms with Gasteiger partial charge in [0, 0.05) is 37.5 Å². The number of pyridine rings is 1. The van der Waals surface area contributed by atoms with E-state index in [9.17, 15) is 35.6 Å². The van der Waals surface area contributed by atoms with Gasteiger partial charge in [0.05, 0.1) is 21.5 Å². The van der Waals surface area contributed by atoms with Crippen molar-refractivity contribution in [2.24, 2.45) is 0 Å². The summed E-state index contributed by atoms with van der Waals surface area (Å²) in [6.45, 7) is 7.22. The summed E-state index contributed by atoms with van der Waals surface area (Å²) in [4.78, 5) is 37.3. The van der Waals surface area contributed by atoms with Gasteiger partial charge < -0.3 is 9.80 Å². The van der Waals surface area contributed by atoms with Gasteiger partial charge in [-0.05, 0) is 55.8 Å². The molecule has 0 unspecified atom stereocenters. The Hall–Kier alpha value is -4.66. The van der Waals surface area contributed by atoms with E-state index in [1.165, 1.54) is 30.0 Å². The fraction of sp³-hybridized carbons (Fsp3) is 0.267. The molecule has 3 heterocycles. The third-order valence-electron chi connectivity index (χ3n) is 7.55. The van der Waals surface area contributed by atoms with E-state index in [-0.39, 0.29) is 52.9 Å². The molecule has 236 valence electrons. The zero-order chi connectivity index (χ0) is 33.0. The number of fused-ring (bicyclic) bond motifs is 1. The van der Waals surface area contributed by atoms with Gasteiger partial charge in [0.1, 0.15) is 23.1 Å². The highest BCUT2D eigenvalue weighted by Crippen LogP contribution is 2.39. The smallest absolute Gasteiger partial charge is 0.350 e. The van der Waals surface area contributed by atoms with Crippen LogP contribution in [0.5, 0.6) is 0 Å². The van der Waals surface area contributed by atoms with Crippen molar-refractivity contribution in [1.82, 2.24) is 19.4 Å². The Balaban J connectivity index is 1.88. The Morgan fingerprint density at radius 1 is 1.09 bits per heavy atom. The highest BCUT2D eigenvalue weighted by molar-refractivity contribution is 7.90. The average molecular weight is 648 g/mol. The van der Waals surface area contributed by atoms with Crippen molar-refractivity contribution in [1.29, 1.82) is 0 Å². The fourth-order valence-corrected chi connectivity index (χ4v) is 6.42. The lowest BCUT2D eigenvalue weighted by atomic mass is 10.0. The maximum absolute atomic E-state index is 15.9. The minimum absolute atomic E-state index is 0.0767. The summed E-state index contributed by atoms with van der Waals surface area (Å²) in [6, 6.07) is 6.07. The molecule has 0 bridgehead atoms. The number of hydrogen-bond donors (Lipinski definition) is 0. The molecule has 2 aromatic carbocycles. The predicted molar refractivity (Wildman–Crippen MR) is 157 cm³/mol. The van der Waals surface area contributed by atoms with E-state index >= 15 is 4.39 Å². The lowest BCUT2D eigenvalue weighted by molar-refractivity contribution is -0.137. The van der Waals surface area contributed by atoms with E-state index in [1.54, 1.807) is 11.8 Å². The molecule has 2 aromatic heterocycles. The number of rotatable bonds is 5. The normalized spacial score (nSPS) is 15.9. The highest BCUT2D eigenvalue weighted by atomic mass is 32.2. The third-order valence-corrected chi connectivity index (χ3v) is 8.68. The van der Waals surface area contributed by atoms with E-state index in [4.69, 9.17) is 0 Å². The summed E-state index contributed by atoms with van der Waals surface area (Å²) in [5.41, 5.74) is -4.56. The molecular formula is C30H26F5N5O4S. The summed E-state index contributed by atoms with van der Waals surface area (Å²) in [7, 11) is -3.99. The number of amides is 1. The van der Waals surface area contributed by atoms with E-state index in [0.29, 0.717) is 18.2 Å². The van der Waals surface area contributed by atoms with Crippen LogP contribution < -0.4 is 10.6 Å². The van der Waals surface area contributed by atoms with Gasteiger partial charge in [-0.1, -0.05) is 18.7 Å². The largest absolute Gasteiger partial charge is 0.417 e. The first-order valence-electron chi connectivity index (χ1n) is 13.5. The fourth-order valence-electron chi connectivity index (χ4n) is 5.49. The SMILES string of the molecule is C=CC(=O)N1CCN(c2nc(=O)n(-c3c(C)cccc3S(C)(=O)=O)c3nc(-c4cc(F)ccc4C(F)(F)F)c(F)cc23)[C@@H](C)C1. The molecule has 1 fully saturated rings. The molecule has 0 spiro atoms. The molecule has 1 aliphatic heterocycles. The molecule has 1 aliphatic rings. The number of piperazine rings is 1. The number of carbonyl (C=O) groups is 1. The topological polar surface area (TPSA) is 105 Å². The first-order valence-corrected chi connectivity index (χ1v) is 15.4. The molecule has 9 nitrogen and oxygen atoms in total. The Labute approximate surface area is 254 Å². The molecule has 5 rings (SSSR count). The number of anilines is 1. The van der Waals surface area contributed by atoms with E-state index < -0.39 is 61.8 Å². The standard InChI is InChI=1S/C30H26F5N5O4S/c1-5-24(41)38-11-12-39(17(3)15-38)27-20-14-22(32)25(19-13-18(31)9-10-21(19)30(33,34)35)36-28(20)40(29(42)37-27)26-16(2)7-6-8-23(26)45(4,43)44/h5-10,13-14,17H,1,11-12,15H2,2-4H3/t17-/m0/s1. The second-order valence-corrected chi connectivity index (χ2v) is 12.6. The highest BCUT2D eigenvalue weighted by Gasteiger charge is 2.36. The number of carbonyl (C=O) groups excluding carboxylic acids is 1. The second kappa shape index (κ2) is 11.4. The summed E-state index contributed by atoms with van der Waals surface area (Å²) in [5.74, 6) is -2.76. The van der Waals surface area contributed by atoms with Crippen LogP contribution in [0.1, 0.15) is 18.1 Å². The number of nitrogens with zero attached hydrogens (tertiary/aromatic N) is 5. The number of sulfone groups is 1. The number of alkyl halides is 3. The van der Waals surface area contributed by atoms with Crippen molar-refractivity contribution in [3.8, 4) is 16.9 Å². The van der Waals surface area contributed by atoms with Gasteiger partial charge in [0.15, 0.2) is 15.5 Å². The Bertz CT molecular complexity index is 2050. The first kappa shape index (κ1) is 31.8. The maximum atomic E-state index is 15.9. The average Bonchev–Trinajstić information content (AvgIpc) is 2.95. The molecular weight excluding hydrogens is 621 g/mol. The van der Waals surface area contributed by atoms with Gasteiger partial charge >= 0.3 is 11.9 Å². The summed E-state index contributed by atoms with van der Waals surface area (Å²) in [5, 5.41) is -0.126. The van der Waals surface area contributed by atoms with E-state index in [1.807, 2.05) is 0 Å². The van der Waals surface area contributed by atoms with Crippen molar-refractivity contribution in [3.05, 3.63) is 88.4 Å². The van der Waals surface area contributed by atoms with Crippen LogP contribution in [0, 0.1) is 18.6 Å². The van der Waals surface area contributed by atoms with Crippen LogP contribution in [-0.2, 0) is 20.8 Å². The van der Waals surface area contributed by atoms with Crippen LogP contribution in [0.3, 0.4) is 0 Å². The number of aryl methyl sites for hydroxylation is 1. The van der Waals surface area contributed by atoms with E-state index in [0.717, 1.165) is 23.0 Å². The van der Waals surface area contributed by atoms with Crippen molar-refractivity contribution in [2.45, 2.75) is 31.0 Å². The number of halogens is 5. The maximum Gasteiger partial charge on any atom is 0.417 e. The Morgan fingerprint density at radius 2 is 1.80 bits per heavy atom. The van der Waals surface area contributed by atoms with Crippen molar-refractivity contribution in [3.63, 3.8) is 0 Å². The van der Waals surface area contributed by atoms with E-state index in [2.05, 4.69) is 16.5 Å². The van der Waals surface area contributed by atoms with Crippen LogP contribution in [0.15, 0.2) is 64.8 Å². The van der Waals surface area contributed by atoms with Crippen LogP contribution in [-0.4, -0.2) is 65.7 Å². The molecule has 45 heavy (non-hydrogen) atoms. The van der Waals surface area contributed by atoms with Crippen LogP contribution in [0.25, 0.3) is 28.0 Å². The molecule has 0 radical (unpaired) electrons. The Kier molecular flexibility index (Phi) is 8.02. The molecule has 0 saturated carbocycles. The first-order chi connectivity index (χ1) is 21.0. The van der Waals surface area contributed by atoms with Crippen LogP contribution in [0.4, 0.5) is 27.8 Å². The molecule has 1 saturated heterocycles. The number of benzene rings is 2. The molecule has 4 aromatic rings. The number of aromatic nitrogens is 3. The second-order valence-electron chi connectivity index (χ2n) is 10.7. The monoisotopic (exact) mass is 647 g/mol. The molecule has 0 aliphatic carbocycles. The minimum Gasteiger partial charge on any atom is -0.350 e. The van der Waals surface area contributed by atoms with Gasteiger partial charge in [-0.25, -0.2) is 31.5 Å². The van der Waals surface area contributed by atoms with Gasteiger partial charge in [-0.2, -0.15) is 18.2 Å². The van der Waals surface area contributed by atoms with Gasteiger partial charge in [-0.15, -0.1) is 0 Å². The molecule has 1 atom stereocenters. The lowest BCUT2D eigenvalue weighted by Crippen LogP contribution is -2.54. The van der Waals surface area contributed by atoms with Crippen LogP contribution >= 0.6 is 0 Å².